The first-order valence-electron chi connectivity index (χ1n) is 6.68. The molecule has 5 heteroatoms. The smallest absolute Gasteiger partial charge is 0.308 e. The van der Waals surface area contributed by atoms with E-state index in [1.807, 2.05) is 6.92 Å². The molecular weight excluding hydrogens is 256 g/mol. The summed E-state index contributed by atoms with van der Waals surface area (Å²) >= 11 is 0. The maximum absolute atomic E-state index is 11.0. The van der Waals surface area contributed by atoms with Crippen LogP contribution in [0.3, 0.4) is 0 Å². The lowest BCUT2D eigenvalue weighted by molar-refractivity contribution is -0.142. The molecule has 1 aliphatic rings. The first kappa shape index (κ1) is 14.4. The quantitative estimate of drug-likeness (QED) is 0.882. The van der Waals surface area contributed by atoms with Crippen LogP contribution < -0.4 is 4.74 Å². The van der Waals surface area contributed by atoms with E-state index in [0.717, 1.165) is 12.3 Å². The van der Waals surface area contributed by atoms with Gasteiger partial charge in [0.05, 0.1) is 17.6 Å². The van der Waals surface area contributed by atoms with Gasteiger partial charge in [-0.05, 0) is 30.2 Å². The van der Waals surface area contributed by atoms with Crippen molar-refractivity contribution in [1.29, 1.82) is 5.26 Å². The molecule has 1 N–H and O–H groups in total. The lowest BCUT2D eigenvalue weighted by atomic mass is 9.99. The SMILES string of the molecule is CC1CN(CCOc2ccc(C#N)cc2)CC1C(=O)O. The van der Waals surface area contributed by atoms with Crippen LogP contribution in [0, 0.1) is 23.2 Å². The normalized spacial score (nSPS) is 22.4. The molecule has 106 valence electrons. The highest BCUT2D eigenvalue weighted by Gasteiger charge is 2.34. The first-order chi connectivity index (χ1) is 9.60. The molecule has 20 heavy (non-hydrogen) atoms. The Hall–Kier alpha value is -2.06. The molecule has 1 aromatic carbocycles. The van der Waals surface area contributed by atoms with E-state index in [1.54, 1.807) is 24.3 Å². The highest BCUT2D eigenvalue weighted by atomic mass is 16.5. The zero-order valence-corrected chi connectivity index (χ0v) is 11.5. The largest absolute Gasteiger partial charge is 0.492 e. The molecule has 1 fully saturated rings. The van der Waals surface area contributed by atoms with Gasteiger partial charge in [0.25, 0.3) is 0 Å². The second-order valence-corrected chi connectivity index (χ2v) is 5.17. The van der Waals surface area contributed by atoms with Crippen LogP contribution in [0.2, 0.25) is 0 Å². The van der Waals surface area contributed by atoms with Gasteiger partial charge in [0.1, 0.15) is 12.4 Å². The van der Waals surface area contributed by atoms with Gasteiger partial charge in [-0.2, -0.15) is 5.26 Å². The molecule has 0 amide bonds. The van der Waals surface area contributed by atoms with Crippen molar-refractivity contribution in [2.75, 3.05) is 26.2 Å². The summed E-state index contributed by atoms with van der Waals surface area (Å²) in [7, 11) is 0. The predicted molar refractivity (Wildman–Crippen MR) is 73.4 cm³/mol. The van der Waals surface area contributed by atoms with Crippen LogP contribution in [0.25, 0.3) is 0 Å². The summed E-state index contributed by atoms with van der Waals surface area (Å²) in [5.41, 5.74) is 0.606. The van der Waals surface area contributed by atoms with Crippen molar-refractivity contribution in [1.82, 2.24) is 4.90 Å². The van der Waals surface area contributed by atoms with Crippen molar-refractivity contribution >= 4 is 5.97 Å². The van der Waals surface area contributed by atoms with Gasteiger partial charge in [-0.3, -0.25) is 9.69 Å². The molecule has 1 aliphatic heterocycles. The summed E-state index contributed by atoms with van der Waals surface area (Å²) in [6.45, 7) is 4.60. The fourth-order valence-electron chi connectivity index (χ4n) is 2.49. The van der Waals surface area contributed by atoms with Gasteiger partial charge in [0.2, 0.25) is 0 Å². The third kappa shape index (κ3) is 3.49. The average Bonchev–Trinajstić information content (AvgIpc) is 2.81. The Morgan fingerprint density at radius 3 is 2.70 bits per heavy atom. The number of nitriles is 1. The van der Waals surface area contributed by atoms with E-state index in [0.29, 0.717) is 25.3 Å². The predicted octanol–water partition coefficient (Wildman–Crippen LogP) is 1.59. The van der Waals surface area contributed by atoms with Gasteiger partial charge in [-0.25, -0.2) is 0 Å². The third-order valence-electron chi connectivity index (χ3n) is 3.66. The van der Waals surface area contributed by atoms with E-state index in [2.05, 4.69) is 11.0 Å². The Labute approximate surface area is 118 Å². The summed E-state index contributed by atoms with van der Waals surface area (Å²) in [5, 5.41) is 17.8. The van der Waals surface area contributed by atoms with E-state index in [-0.39, 0.29) is 11.8 Å². The number of ether oxygens (including phenoxy) is 1. The van der Waals surface area contributed by atoms with Crippen molar-refractivity contribution in [3.05, 3.63) is 29.8 Å². The summed E-state index contributed by atoms with van der Waals surface area (Å²) in [4.78, 5) is 13.1. The molecule has 0 radical (unpaired) electrons. The number of nitrogens with zero attached hydrogens (tertiary/aromatic N) is 2. The van der Waals surface area contributed by atoms with Crippen LogP contribution in [-0.4, -0.2) is 42.2 Å². The molecule has 0 aromatic heterocycles. The molecule has 0 spiro atoms. The molecular formula is C15H18N2O3. The molecule has 1 saturated heterocycles. The Balaban J connectivity index is 1.76. The van der Waals surface area contributed by atoms with Crippen molar-refractivity contribution in [2.24, 2.45) is 11.8 Å². The minimum absolute atomic E-state index is 0.183. The van der Waals surface area contributed by atoms with E-state index in [1.165, 1.54) is 0 Å². The summed E-state index contributed by atoms with van der Waals surface area (Å²) in [6.07, 6.45) is 0. The van der Waals surface area contributed by atoms with Gasteiger partial charge in [-0.15, -0.1) is 0 Å². The van der Waals surface area contributed by atoms with Crippen LogP contribution >= 0.6 is 0 Å². The topological polar surface area (TPSA) is 73.6 Å². The lowest BCUT2D eigenvalue weighted by Gasteiger charge is -2.15. The van der Waals surface area contributed by atoms with E-state index < -0.39 is 5.97 Å². The number of carboxylic acid groups (broad SMARTS) is 1. The Bertz CT molecular complexity index is 507. The lowest BCUT2D eigenvalue weighted by Crippen LogP contribution is -2.27. The summed E-state index contributed by atoms with van der Waals surface area (Å²) in [5.74, 6) is -0.0774. The Morgan fingerprint density at radius 2 is 2.15 bits per heavy atom. The van der Waals surface area contributed by atoms with Crippen LogP contribution in [0.4, 0.5) is 0 Å². The number of hydrogen-bond donors (Lipinski definition) is 1. The number of carbonyl (C=O) groups is 1. The van der Waals surface area contributed by atoms with Crippen molar-refractivity contribution in [3.63, 3.8) is 0 Å². The molecule has 5 nitrogen and oxygen atoms in total. The maximum atomic E-state index is 11.0. The molecule has 0 saturated carbocycles. The Morgan fingerprint density at radius 1 is 1.45 bits per heavy atom. The molecule has 1 heterocycles. The standard InChI is InChI=1S/C15H18N2O3/c1-11-9-17(10-14(11)15(18)19)6-7-20-13-4-2-12(8-16)3-5-13/h2-5,11,14H,6-7,9-10H2,1H3,(H,18,19). The molecule has 0 bridgehead atoms. The highest BCUT2D eigenvalue weighted by molar-refractivity contribution is 5.71. The van der Waals surface area contributed by atoms with Gasteiger partial charge in [-0.1, -0.05) is 6.92 Å². The second kappa shape index (κ2) is 6.40. The number of hydrogen-bond acceptors (Lipinski definition) is 4. The van der Waals surface area contributed by atoms with E-state index in [9.17, 15) is 4.79 Å². The maximum Gasteiger partial charge on any atom is 0.308 e. The number of aliphatic carboxylic acids is 1. The molecule has 2 atom stereocenters. The number of benzene rings is 1. The fraction of sp³-hybridized carbons (Fsp3) is 0.467. The molecule has 0 aliphatic carbocycles. The van der Waals surface area contributed by atoms with Crippen LogP contribution in [0.1, 0.15) is 12.5 Å². The number of rotatable bonds is 5. The van der Waals surface area contributed by atoms with Crippen LogP contribution in [-0.2, 0) is 4.79 Å². The minimum atomic E-state index is -0.715. The minimum Gasteiger partial charge on any atom is -0.492 e. The zero-order valence-electron chi connectivity index (χ0n) is 11.5. The molecule has 2 unspecified atom stereocenters. The van der Waals surface area contributed by atoms with Crippen LogP contribution in [0.15, 0.2) is 24.3 Å². The zero-order chi connectivity index (χ0) is 14.5. The van der Waals surface area contributed by atoms with Crippen molar-refractivity contribution < 1.29 is 14.6 Å². The monoisotopic (exact) mass is 274 g/mol. The van der Waals surface area contributed by atoms with Gasteiger partial charge >= 0.3 is 5.97 Å². The highest BCUT2D eigenvalue weighted by Crippen LogP contribution is 2.22. The summed E-state index contributed by atoms with van der Waals surface area (Å²) in [6, 6.07) is 9.03. The fourth-order valence-corrected chi connectivity index (χ4v) is 2.49. The van der Waals surface area contributed by atoms with E-state index >= 15 is 0 Å². The molecule has 1 aromatic rings. The van der Waals surface area contributed by atoms with Crippen molar-refractivity contribution in [3.8, 4) is 11.8 Å². The van der Waals surface area contributed by atoms with Crippen LogP contribution in [0.5, 0.6) is 5.75 Å². The first-order valence-corrected chi connectivity index (χ1v) is 6.68. The second-order valence-electron chi connectivity index (χ2n) is 5.17. The van der Waals surface area contributed by atoms with Crippen molar-refractivity contribution in [2.45, 2.75) is 6.92 Å². The van der Waals surface area contributed by atoms with Gasteiger partial charge < -0.3 is 9.84 Å². The third-order valence-corrected chi connectivity index (χ3v) is 3.66. The van der Waals surface area contributed by atoms with Gasteiger partial charge in [0.15, 0.2) is 0 Å². The average molecular weight is 274 g/mol. The number of likely N-dealkylation sites (tertiary alicyclic amines) is 1. The van der Waals surface area contributed by atoms with E-state index in [4.69, 9.17) is 15.1 Å². The Kier molecular flexibility index (Phi) is 4.59. The summed E-state index contributed by atoms with van der Waals surface area (Å²) < 4.78 is 5.60. The van der Waals surface area contributed by atoms with Gasteiger partial charge in [0, 0.05) is 19.6 Å². The number of carboxylic acids is 1. The molecule has 2 rings (SSSR count).